The molecular weight excluding hydrogens is 281 g/mol. The number of benzene rings is 1. The van der Waals surface area contributed by atoms with Crippen molar-refractivity contribution in [2.75, 3.05) is 25.4 Å². The predicted molar refractivity (Wildman–Crippen MR) is 78.3 cm³/mol. The molecule has 0 heterocycles. The molecule has 21 heavy (non-hydrogen) atoms. The van der Waals surface area contributed by atoms with Gasteiger partial charge in [0.15, 0.2) is 6.61 Å². The van der Waals surface area contributed by atoms with Crippen LogP contribution in [-0.4, -0.2) is 30.8 Å². The van der Waals surface area contributed by atoms with Crippen molar-refractivity contribution < 1.29 is 17.9 Å². The topological polar surface area (TPSA) is 38.5 Å². The average molecular weight is 304 g/mol. The summed E-state index contributed by atoms with van der Waals surface area (Å²) >= 11 is 0. The molecule has 1 rings (SSSR count). The van der Waals surface area contributed by atoms with Gasteiger partial charge in [0.25, 0.3) is 0 Å². The Kier molecular flexibility index (Phi) is 6.81. The molecule has 0 aromatic heterocycles. The third-order valence-electron chi connectivity index (χ3n) is 2.95. The van der Waals surface area contributed by atoms with Gasteiger partial charge in [-0.2, -0.15) is 13.2 Å². The number of ether oxygens (including phenoxy) is 1. The second-order valence-corrected chi connectivity index (χ2v) is 5.05. The summed E-state index contributed by atoms with van der Waals surface area (Å²) in [6.45, 7) is 5.18. The van der Waals surface area contributed by atoms with Crippen LogP contribution in [-0.2, 0) is 6.54 Å². The van der Waals surface area contributed by atoms with Crippen LogP contribution in [0.15, 0.2) is 18.2 Å². The average Bonchev–Trinajstić information content (AvgIpc) is 2.37. The smallest absolute Gasteiger partial charge is 0.422 e. The van der Waals surface area contributed by atoms with E-state index in [4.69, 9.17) is 10.5 Å². The lowest BCUT2D eigenvalue weighted by Crippen LogP contribution is -2.26. The van der Waals surface area contributed by atoms with Gasteiger partial charge in [-0.15, -0.1) is 0 Å². The Morgan fingerprint density at radius 2 is 1.76 bits per heavy atom. The standard InChI is InChI=1S/C15H23F3N2O/c1-3-7-20(8-4-2)10-12-9-13(19)5-6-14(12)21-11-15(16,17)18/h5-6,9H,3-4,7-8,10-11,19H2,1-2H3. The first-order valence-corrected chi connectivity index (χ1v) is 7.16. The van der Waals surface area contributed by atoms with Crippen molar-refractivity contribution in [3.8, 4) is 5.75 Å². The normalized spacial score (nSPS) is 11.9. The van der Waals surface area contributed by atoms with Crippen molar-refractivity contribution >= 4 is 5.69 Å². The van der Waals surface area contributed by atoms with E-state index in [0.29, 0.717) is 17.8 Å². The van der Waals surface area contributed by atoms with E-state index >= 15 is 0 Å². The van der Waals surface area contributed by atoms with Gasteiger partial charge in [-0.05, 0) is 44.1 Å². The third kappa shape index (κ3) is 6.71. The Labute approximate surface area is 123 Å². The molecule has 1 aromatic rings. The summed E-state index contributed by atoms with van der Waals surface area (Å²) in [5.74, 6) is 0.249. The van der Waals surface area contributed by atoms with Crippen molar-refractivity contribution in [3.63, 3.8) is 0 Å². The number of nitrogen functional groups attached to an aromatic ring is 1. The maximum Gasteiger partial charge on any atom is 0.422 e. The summed E-state index contributed by atoms with van der Waals surface area (Å²) in [5, 5.41) is 0. The lowest BCUT2D eigenvalue weighted by atomic mass is 10.1. The minimum absolute atomic E-state index is 0.249. The molecule has 1 aromatic carbocycles. The summed E-state index contributed by atoms with van der Waals surface area (Å²) in [7, 11) is 0. The van der Waals surface area contributed by atoms with Crippen LogP contribution in [0, 0.1) is 0 Å². The van der Waals surface area contributed by atoms with E-state index < -0.39 is 12.8 Å². The number of hydrogen-bond acceptors (Lipinski definition) is 3. The summed E-state index contributed by atoms with van der Waals surface area (Å²) < 4.78 is 41.8. The predicted octanol–water partition coefficient (Wildman–Crippen LogP) is 3.83. The lowest BCUT2D eigenvalue weighted by molar-refractivity contribution is -0.153. The van der Waals surface area contributed by atoms with Crippen molar-refractivity contribution in [3.05, 3.63) is 23.8 Å². The first kappa shape index (κ1) is 17.6. The van der Waals surface area contributed by atoms with E-state index in [1.54, 1.807) is 12.1 Å². The fourth-order valence-corrected chi connectivity index (χ4v) is 2.17. The summed E-state index contributed by atoms with van der Waals surface area (Å²) in [4.78, 5) is 2.19. The molecule has 3 nitrogen and oxygen atoms in total. The van der Waals surface area contributed by atoms with Gasteiger partial charge in [-0.3, -0.25) is 4.90 Å². The molecule has 0 saturated carbocycles. The van der Waals surface area contributed by atoms with E-state index in [-0.39, 0.29) is 5.75 Å². The molecule has 0 radical (unpaired) electrons. The molecule has 0 amide bonds. The SMILES string of the molecule is CCCN(CCC)Cc1cc(N)ccc1OCC(F)(F)F. The van der Waals surface area contributed by atoms with Gasteiger partial charge >= 0.3 is 6.18 Å². The number of hydrogen-bond donors (Lipinski definition) is 1. The first-order valence-electron chi connectivity index (χ1n) is 7.16. The van der Waals surface area contributed by atoms with Crippen molar-refractivity contribution in [2.24, 2.45) is 0 Å². The second kappa shape index (κ2) is 8.12. The van der Waals surface area contributed by atoms with Crippen LogP contribution in [0.4, 0.5) is 18.9 Å². The molecule has 0 aliphatic carbocycles. The highest BCUT2D eigenvalue weighted by Crippen LogP contribution is 2.25. The van der Waals surface area contributed by atoms with Crippen LogP contribution in [0.25, 0.3) is 0 Å². The summed E-state index contributed by atoms with van der Waals surface area (Å²) in [6.07, 6.45) is -2.37. The van der Waals surface area contributed by atoms with Crippen molar-refractivity contribution in [1.82, 2.24) is 4.90 Å². The zero-order valence-electron chi connectivity index (χ0n) is 12.5. The second-order valence-electron chi connectivity index (χ2n) is 5.05. The summed E-state index contributed by atoms with van der Waals surface area (Å²) in [6, 6.07) is 4.75. The third-order valence-corrected chi connectivity index (χ3v) is 2.95. The molecule has 0 aliphatic heterocycles. The monoisotopic (exact) mass is 304 g/mol. The molecule has 0 unspecified atom stereocenters. The maximum atomic E-state index is 12.3. The van der Waals surface area contributed by atoms with Gasteiger partial charge in [-0.25, -0.2) is 0 Å². The number of anilines is 1. The van der Waals surface area contributed by atoms with Gasteiger partial charge < -0.3 is 10.5 Å². The number of nitrogens with two attached hydrogens (primary N) is 1. The zero-order valence-corrected chi connectivity index (χ0v) is 12.5. The Hall–Kier alpha value is -1.43. The minimum atomic E-state index is -4.34. The first-order chi connectivity index (χ1) is 9.85. The molecule has 0 bridgehead atoms. The highest BCUT2D eigenvalue weighted by Gasteiger charge is 2.28. The molecule has 0 atom stereocenters. The fourth-order valence-electron chi connectivity index (χ4n) is 2.17. The molecule has 0 spiro atoms. The Morgan fingerprint density at radius 3 is 2.29 bits per heavy atom. The van der Waals surface area contributed by atoms with Crippen LogP contribution in [0.1, 0.15) is 32.3 Å². The number of halogens is 3. The van der Waals surface area contributed by atoms with Crippen molar-refractivity contribution in [1.29, 1.82) is 0 Å². The van der Waals surface area contributed by atoms with Crippen LogP contribution >= 0.6 is 0 Å². The highest BCUT2D eigenvalue weighted by atomic mass is 19.4. The molecule has 6 heteroatoms. The van der Waals surface area contributed by atoms with Gasteiger partial charge in [0, 0.05) is 17.8 Å². The van der Waals surface area contributed by atoms with E-state index in [2.05, 4.69) is 18.7 Å². The Morgan fingerprint density at radius 1 is 1.14 bits per heavy atom. The number of alkyl halides is 3. The van der Waals surface area contributed by atoms with Gasteiger partial charge in [0.1, 0.15) is 5.75 Å². The number of nitrogens with zero attached hydrogens (tertiary/aromatic N) is 1. The van der Waals surface area contributed by atoms with Gasteiger partial charge in [0.05, 0.1) is 0 Å². The van der Waals surface area contributed by atoms with Gasteiger partial charge in [-0.1, -0.05) is 13.8 Å². The van der Waals surface area contributed by atoms with Crippen LogP contribution in [0.5, 0.6) is 5.75 Å². The van der Waals surface area contributed by atoms with Crippen molar-refractivity contribution in [2.45, 2.75) is 39.4 Å². The highest BCUT2D eigenvalue weighted by molar-refractivity contribution is 5.47. The van der Waals surface area contributed by atoms with E-state index in [9.17, 15) is 13.2 Å². The lowest BCUT2D eigenvalue weighted by Gasteiger charge is -2.23. The Bertz CT molecular complexity index is 429. The van der Waals surface area contributed by atoms with Gasteiger partial charge in [0.2, 0.25) is 0 Å². The fraction of sp³-hybridized carbons (Fsp3) is 0.600. The minimum Gasteiger partial charge on any atom is -0.484 e. The van der Waals surface area contributed by atoms with E-state index in [1.807, 2.05) is 0 Å². The summed E-state index contributed by atoms with van der Waals surface area (Å²) in [5.41, 5.74) is 6.96. The van der Waals surface area contributed by atoms with Crippen LogP contribution in [0.2, 0.25) is 0 Å². The quantitative estimate of drug-likeness (QED) is 0.742. The largest absolute Gasteiger partial charge is 0.484 e. The number of rotatable bonds is 8. The molecule has 120 valence electrons. The maximum absolute atomic E-state index is 12.3. The Balaban J connectivity index is 2.84. The van der Waals surface area contributed by atoms with Crippen LogP contribution in [0.3, 0.4) is 0 Å². The molecular formula is C15H23F3N2O. The molecule has 0 aliphatic rings. The molecule has 2 N–H and O–H groups in total. The molecule has 0 fully saturated rings. The zero-order chi connectivity index (χ0) is 15.9. The van der Waals surface area contributed by atoms with E-state index in [0.717, 1.165) is 25.9 Å². The molecule has 0 saturated heterocycles. The van der Waals surface area contributed by atoms with E-state index in [1.165, 1.54) is 6.07 Å². The van der Waals surface area contributed by atoms with Crippen LogP contribution < -0.4 is 10.5 Å².